The number of thiazole rings is 1. The smallest absolute Gasteiger partial charge is 0.0897 e. The standard InChI is InChI=1S/C15H19ClN2S/c1-10-4-5-12(15(16)6-10)7-13(17-3)8-14-9-19-11(2)18-14/h4-6,9,13,17H,7-8H2,1-3H3. The third-order valence-corrected chi connectivity index (χ3v) is 4.38. The van der Waals surface area contributed by atoms with Crippen molar-refractivity contribution in [2.24, 2.45) is 0 Å². The average molecular weight is 295 g/mol. The number of aromatic nitrogens is 1. The predicted octanol–water partition coefficient (Wildman–Crippen LogP) is 3.79. The van der Waals surface area contributed by atoms with Gasteiger partial charge in [0.1, 0.15) is 0 Å². The van der Waals surface area contributed by atoms with Gasteiger partial charge in [0.25, 0.3) is 0 Å². The molecule has 0 aliphatic carbocycles. The molecule has 1 N–H and O–H groups in total. The first-order valence-electron chi connectivity index (χ1n) is 6.42. The fourth-order valence-electron chi connectivity index (χ4n) is 2.11. The Balaban J connectivity index is 2.06. The lowest BCUT2D eigenvalue weighted by Gasteiger charge is -2.16. The highest BCUT2D eigenvalue weighted by Gasteiger charge is 2.12. The van der Waals surface area contributed by atoms with Gasteiger partial charge in [0.2, 0.25) is 0 Å². The van der Waals surface area contributed by atoms with Crippen molar-refractivity contribution < 1.29 is 0 Å². The second kappa shape index (κ2) is 6.51. The first-order valence-corrected chi connectivity index (χ1v) is 7.67. The van der Waals surface area contributed by atoms with E-state index in [1.165, 1.54) is 11.1 Å². The molecule has 0 saturated heterocycles. The SMILES string of the molecule is CNC(Cc1csc(C)n1)Cc1ccc(C)cc1Cl. The lowest BCUT2D eigenvalue weighted by molar-refractivity contribution is 0.551. The fraction of sp³-hybridized carbons (Fsp3) is 0.400. The van der Waals surface area contributed by atoms with Crippen molar-refractivity contribution in [3.05, 3.63) is 50.4 Å². The molecular weight excluding hydrogens is 276 g/mol. The summed E-state index contributed by atoms with van der Waals surface area (Å²) in [6.45, 7) is 4.10. The van der Waals surface area contributed by atoms with E-state index >= 15 is 0 Å². The highest BCUT2D eigenvalue weighted by Crippen LogP contribution is 2.20. The summed E-state index contributed by atoms with van der Waals surface area (Å²) in [6.07, 6.45) is 1.86. The largest absolute Gasteiger partial charge is 0.316 e. The summed E-state index contributed by atoms with van der Waals surface area (Å²) in [4.78, 5) is 4.52. The Morgan fingerprint density at radius 3 is 2.68 bits per heavy atom. The Morgan fingerprint density at radius 1 is 1.32 bits per heavy atom. The number of hydrogen-bond acceptors (Lipinski definition) is 3. The molecule has 0 spiro atoms. The first kappa shape index (κ1) is 14.5. The number of benzene rings is 1. The van der Waals surface area contributed by atoms with Crippen LogP contribution in [-0.4, -0.2) is 18.1 Å². The summed E-state index contributed by atoms with van der Waals surface area (Å²) < 4.78 is 0. The van der Waals surface area contributed by atoms with E-state index < -0.39 is 0 Å². The molecule has 0 radical (unpaired) electrons. The Hall–Kier alpha value is -0.900. The minimum Gasteiger partial charge on any atom is -0.316 e. The Kier molecular flexibility index (Phi) is 4.97. The van der Waals surface area contributed by atoms with Crippen LogP contribution in [0.1, 0.15) is 21.8 Å². The maximum absolute atomic E-state index is 6.30. The van der Waals surface area contributed by atoms with Crippen LogP contribution >= 0.6 is 22.9 Å². The van der Waals surface area contributed by atoms with Crippen molar-refractivity contribution in [1.29, 1.82) is 0 Å². The topological polar surface area (TPSA) is 24.9 Å². The molecule has 19 heavy (non-hydrogen) atoms. The van der Waals surface area contributed by atoms with Crippen LogP contribution in [-0.2, 0) is 12.8 Å². The highest BCUT2D eigenvalue weighted by molar-refractivity contribution is 7.09. The lowest BCUT2D eigenvalue weighted by Crippen LogP contribution is -2.30. The summed E-state index contributed by atoms with van der Waals surface area (Å²) >= 11 is 8.00. The number of hydrogen-bond donors (Lipinski definition) is 1. The van der Waals surface area contributed by atoms with Gasteiger partial charge in [-0.05, 0) is 44.5 Å². The quantitative estimate of drug-likeness (QED) is 0.907. The van der Waals surface area contributed by atoms with Crippen LogP contribution in [0.25, 0.3) is 0 Å². The van der Waals surface area contributed by atoms with E-state index in [4.69, 9.17) is 11.6 Å². The maximum Gasteiger partial charge on any atom is 0.0897 e. The van der Waals surface area contributed by atoms with Crippen molar-refractivity contribution in [3.63, 3.8) is 0 Å². The summed E-state index contributed by atoms with van der Waals surface area (Å²) in [5, 5.41) is 7.47. The molecule has 1 aromatic carbocycles. The van der Waals surface area contributed by atoms with E-state index in [9.17, 15) is 0 Å². The van der Waals surface area contributed by atoms with Gasteiger partial charge in [-0.25, -0.2) is 4.98 Å². The van der Waals surface area contributed by atoms with Gasteiger partial charge in [0.15, 0.2) is 0 Å². The zero-order valence-corrected chi connectivity index (χ0v) is 13.1. The van der Waals surface area contributed by atoms with Crippen molar-refractivity contribution in [3.8, 4) is 0 Å². The van der Waals surface area contributed by atoms with Gasteiger partial charge in [0.05, 0.1) is 10.7 Å². The van der Waals surface area contributed by atoms with Crippen molar-refractivity contribution >= 4 is 22.9 Å². The molecule has 0 saturated carbocycles. The summed E-state index contributed by atoms with van der Waals surface area (Å²) in [5.74, 6) is 0. The fourth-order valence-corrected chi connectivity index (χ4v) is 3.05. The van der Waals surface area contributed by atoms with Gasteiger partial charge in [-0.1, -0.05) is 23.7 Å². The predicted molar refractivity (Wildman–Crippen MR) is 83.3 cm³/mol. The van der Waals surface area contributed by atoms with E-state index in [0.717, 1.165) is 28.6 Å². The Morgan fingerprint density at radius 2 is 2.11 bits per heavy atom. The van der Waals surface area contributed by atoms with Gasteiger partial charge in [-0.3, -0.25) is 0 Å². The van der Waals surface area contributed by atoms with Crippen LogP contribution in [0.4, 0.5) is 0 Å². The number of nitrogens with one attached hydrogen (secondary N) is 1. The number of nitrogens with zero attached hydrogens (tertiary/aromatic N) is 1. The van der Waals surface area contributed by atoms with Crippen LogP contribution in [0, 0.1) is 13.8 Å². The summed E-state index contributed by atoms with van der Waals surface area (Å²) in [5.41, 5.74) is 3.55. The number of likely N-dealkylation sites (N-methyl/N-ethyl adjacent to an activating group) is 1. The molecule has 0 amide bonds. The molecule has 1 atom stereocenters. The molecule has 4 heteroatoms. The molecule has 1 aromatic heterocycles. The van der Waals surface area contributed by atoms with E-state index in [1.54, 1.807) is 11.3 Å². The second-order valence-electron chi connectivity index (χ2n) is 4.85. The zero-order chi connectivity index (χ0) is 13.8. The van der Waals surface area contributed by atoms with E-state index in [2.05, 4.69) is 34.7 Å². The third kappa shape index (κ3) is 4.03. The van der Waals surface area contributed by atoms with Gasteiger partial charge in [-0.15, -0.1) is 11.3 Å². The van der Waals surface area contributed by atoms with Gasteiger partial charge in [0, 0.05) is 22.9 Å². The molecule has 2 aromatic rings. The van der Waals surface area contributed by atoms with Gasteiger partial charge >= 0.3 is 0 Å². The van der Waals surface area contributed by atoms with Crippen LogP contribution in [0.2, 0.25) is 5.02 Å². The van der Waals surface area contributed by atoms with Crippen LogP contribution < -0.4 is 5.32 Å². The van der Waals surface area contributed by atoms with E-state index in [1.807, 2.05) is 20.0 Å². The minimum atomic E-state index is 0.363. The number of aryl methyl sites for hydroxylation is 2. The van der Waals surface area contributed by atoms with E-state index in [-0.39, 0.29) is 0 Å². The maximum atomic E-state index is 6.30. The molecule has 0 bridgehead atoms. The molecule has 1 heterocycles. The van der Waals surface area contributed by atoms with Crippen molar-refractivity contribution in [2.45, 2.75) is 32.7 Å². The molecular formula is C15H19ClN2S. The molecule has 1 unspecified atom stereocenters. The molecule has 0 aliphatic rings. The number of rotatable bonds is 5. The van der Waals surface area contributed by atoms with Crippen molar-refractivity contribution in [2.75, 3.05) is 7.05 Å². The average Bonchev–Trinajstić information content (AvgIpc) is 2.77. The Bertz CT molecular complexity index is 551. The number of halogens is 1. The minimum absolute atomic E-state index is 0.363. The summed E-state index contributed by atoms with van der Waals surface area (Å²) in [7, 11) is 1.99. The molecule has 0 fully saturated rings. The zero-order valence-electron chi connectivity index (χ0n) is 11.5. The molecule has 0 aliphatic heterocycles. The highest BCUT2D eigenvalue weighted by atomic mass is 35.5. The Labute approximate surface area is 123 Å². The molecule has 2 rings (SSSR count). The summed E-state index contributed by atoms with van der Waals surface area (Å²) in [6, 6.07) is 6.62. The molecule has 2 nitrogen and oxygen atoms in total. The van der Waals surface area contributed by atoms with Gasteiger partial charge in [-0.2, -0.15) is 0 Å². The van der Waals surface area contributed by atoms with Crippen LogP contribution in [0.3, 0.4) is 0 Å². The lowest BCUT2D eigenvalue weighted by atomic mass is 10.0. The van der Waals surface area contributed by atoms with Gasteiger partial charge < -0.3 is 5.32 Å². The second-order valence-corrected chi connectivity index (χ2v) is 6.32. The van der Waals surface area contributed by atoms with Crippen LogP contribution in [0.5, 0.6) is 0 Å². The first-order chi connectivity index (χ1) is 9.08. The molecule has 102 valence electrons. The normalized spacial score (nSPS) is 12.6. The van der Waals surface area contributed by atoms with Crippen LogP contribution in [0.15, 0.2) is 23.6 Å². The third-order valence-electron chi connectivity index (χ3n) is 3.21. The van der Waals surface area contributed by atoms with Crippen molar-refractivity contribution in [1.82, 2.24) is 10.3 Å². The monoisotopic (exact) mass is 294 g/mol. The van der Waals surface area contributed by atoms with E-state index in [0.29, 0.717) is 6.04 Å².